The van der Waals surface area contributed by atoms with Crippen LogP contribution in [0.3, 0.4) is 0 Å². The Kier molecular flexibility index (Phi) is 8.63. The van der Waals surface area contributed by atoms with Crippen LogP contribution in [0, 0.1) is 0 Å². The number of hydrogen-bond acceptors (Lipinski definition) is 5. The number of benzene rings is 1. The van der Waals surface area contributed by atoms with Crippen molar-refractivity contribution in [2.45, 2.75) is 32.2 Å². The van der Waals surface area contributed by atoms with Crippen molar-refractivity contribution < 1.29 is 14.3 Å². The molecule has 0 saturated carbocycles. The van der Waals surface area contributed by atoms with Crippen molar-refractivity contribution in [2.24, 2.45) is 0 Å². The summed E-state index contributed by atoms with van der Waals surface area (Å²) in [4.78, 5) is 32.0. The number of methoxy groups -OCH3 is 1. The van der Waals surface area contributed by atoms with E-state index < -0.39 is 5.92 Å². The number of ether oxygens (including phenoxy) is 1. The molecule has 1 aromatic heterocycles. The number of amides is 2. The third kappa shape index (κ3) is 5.34. The first-order valence-corrected chi connectivity index (χ1v) is 11.9. The number of nitrogens with zero attached hydrogens (tertiary/aromatic N) is 2. The Balaban J connectivity index is 1.87. The lowest BCUT2D eigenvalue weighted by molar-refractivity contribution is -0.124. The summed E-state index contributed by atoms with van der Waals surface area (Å²) < 4.78 is 5.27. The molecule has 3 rings (SSSR count). The van der Waals surface area contributed by atoms with E-state index in [0.29, 0.717) is 25.3 Å². The lowest BCUT2D eigenvalue weighted by Gasteiger charge is -2.41. The summed E-state index contributed by atoms with van der Waals surface area (Å²) in [6.45, 7) is 8.77. The Hall–Kier alpha value is -2.22. The predicted molar refractivity (Wildman–Crippen MR) is 125 cm³/mol. The molecular weight excluding hydrogens is 410 g/mol. The molecule has 2 aromatic rings. The van der Waals surface area contributed by atoms with Crippen LogP contribution in [0.15, 0.2) is 41.8 Å². The quantitative estimate of drug-likeness (QED) is 0.540. The molecule has 0 unspecified atom stereocenters. The maximum absolute atomic E-state index is 13.5. The van der Waals surface area contributed by atoms with Crippen molar-refractivity contribution in [3.63, 3.8) is 0 Å². The second-order valence-electron chi connectivity index (χ2n) is 7.69. The van der Waals surface area contributed by atoms with E-state index in [2.05, 4.69) is 24.1 Å². The average molecular weight is 444 g/mol. The van der Waals surface area contributed by atoms with Gasteiger partial charge in [0.2, 0.25) is 5.91 Å². The van der Waals surface area contributed by atoms with Crippen LogP contribution in [0.2, 0.25) is 0 Å². The summed E-state index contributed by atoms with van der Waals surface area (Å²) in [7, 11) is 1.63. The Morgan fingerprint density at radius 2 is 1.97 bits per heavy atom. The fourth-order valence-electron chi connectivity index (χ4n) is 4.25. The molecule has 2 heterocycles. The van der Waals surface area contributed by atoms with E-state index >= 15 is 0 Å². The number of nitrogens with one attached hydrogen (secondary N) is 1. The highest BCUT2D eigenvalue weighted by Gasteiger charge is 2.44. The molecule has 0 bridgehead atoms. The second kappa shape index (κ2) is 11.4. The molecule has 7 heteroatoms. The van der Waals surface area contributed by atoms with Crippen LogP contribution in [-0.2, 0) is 9.53 Å². The molecule has 168 valence electrons. The third-order valence-electron chi connectivity index (χ3n) is 5.94. The van der Waals surface area contributed by atoms with E-state index in [4.69, 9.17) is 4.74 Å². The first-order valence-electron chi connectivity index (χ1n) is 11.0. The molecule has 1 N–H and O–H groups in total. The van der Waals surface area contributed by atoms with Crippen LogP contribution in [-0.4, -0.2) is 68.1 Å². The highest BCUT2D eigenvalue weighted by atomic mass is 32.1. The van der Waals surface area contributed by atoms with Gasteiger partial charge in [-0.1, -0.05) is 38.1 Å². The van der Waals surface area contributed by atoms with Crippen molar-refractivity contribution >= 4 is 23.2 Å². The second-order valence-corrected chi connectivity index (χ2v) is 8.67. The monoisotopic (exact) mass is 443 g/mol. The number of rotatable bonds is 11. The number of fused-ring (bicyclic) bond motifs is 1. The highest BCUT2D eigenvalue weighted by Crippen LogP contribution is 2.44. The number of carbonyl (C=O) groups is 2. The van der Waals surface area contributed by atoms with Crippen LogP contribution in [0.4, 0.5) is 0 Å². The molecule has 1 aliphatic heterocycles. The lowest BCUT2D eigenvalue weighted by Crippen LogP contribution is -2.48. The number of thiophene rings is 1. The van der Waals surface area contributed by atoms with E-state index in [0.717, 1.165) is 36.5 Å². The van der Waals surface area contributed by atoms with Gasteiger partial charge in [0, 0.05) is 30.6 Å². The molecule has 2 amide bonds. The Morgan fingerprint density at radius 1 is 1.19 bits per heavy atom. The molecule has 0 radical (unpaired) electrons. The molecule has 1 aromatic carbocycles. The smallest absolute Gasteiger partial charge is 0.254 e. The highest BCUT2D eigenvalue weighted by molar-refractivity contribution is 7.10. The summed E-state index contributed by atoms with van der Waals surface area (Å²) in [5.41, 5.74) is 1.41. The van der Waals surface area contributed by atoms with Gasteiger partial charge < -0.3 is 19.9 Å². The zero-order valence-corrected chi connectivity index (χ0v) is 19.5. The van der Waals surface area contributed by atoms with Crippen molar-refractivity contribution in [2.75, 3.05) is 46.4 Å². The van der Waals surface area contributed by atoms with E-state index in [1.807, 2.05) is 41.8 Å². The fraction of sp³-hybridized carbons (Fsp3) is 0.500. The molecule has 0 fully saturated rings. The summed E-state index contributed by atoms with van der Waals surface area (Å²) in [6, 6.07) is 11.2. The van der Waals surface area contributed by atoms with Crippen molar-refractivity contribution in [1.82, 2.24) is 15.1 Å². The van der Waals surface area contributed by atoms with E-state index in [1.54, 1.807) is 23.3 Å². The van der Waals surface area contributed by atoms with E-state index in [-0.39, 0.29) is 17.9 Å². The van der Waals surface area contributed by atoms with Gasteiger partial charge in [0.25, 0.3) is 5.91 Å². The third-order valence-corrected chi connectivity index (χ3v) is 6.88. The maximum Gasteiger partial charge on any atom is 0.254 e. The topological polar surface area (TPSA) is 61.9 Å². The summed E-state index contributed by atoms with van der Waals surface area (Å²) in [5, 5.41) is 5.14. The summed E-state index contributed by atoms with van der Waals surface area (Å²) >= 11 is 1.58. The first kappa shape index (κ1) is 23.4. The van der Waals surface area contributed by atoms with Crippen LogP contribution in [0.1, 0.15) is 53.0 Å². The summed E-state index contributed by atoms with van der Waals surface area (Å²) in [6.07, 6.45) is 0.901. The first-order chi connectivity index (χ1) is 15.1. The molecule has 0 spiro atoms. The average Bonchev–Trinajstić information content (AvgIpc) is 3.33. The van der Waals surface area contributed by atoms with Gasteiger partial charge in [-0.15, -0.1) is 11.3 Å². The zero-order chi connectivity index (χ0) is 22.2. The molecule has 2 atom stereocenters. The Labute approximate surface area is 189 Å². The van der Waals surface area contributed by atoms with Crippen LogP contribution in [0.5, 0.6) is 0 Å². The maximum atomic E-state index is 13.5. The number of carbonyl (C=O) groups excluding carboxylic acids is 2. The SMILES string of the molecule is CCN(CC)CCCNC(=O)[C@@H]1c2ccccc2C(=O)N(CCOC)[C@@H]1c1cccs1. The van der Waals surface area contributed by atoms with Crippen molar-refractivity contribution in [3.05, 3.63) is 57.8 Å². The largest absolute Gasteiger partial charge is 0.383 e. The van der Waals surface area contributed by atoms with Gasteiger partial charge in [0.05, 0.1) is 18.6 Å². The minimum Gasteiger partial charge on any atom is -0.383 e. The van der Waals surface area contributed by atoms with Gasteiger partial charge in [-0.2, -0.15) is 0 Å². The normalized spacial score (nSPS) is 18.3. The minimum atomic E-state index is -0.446. The minimum absolute atomic E-state index is 0.0275. The standard InChI is InChI=1S/C24H33N3O3S/c1-4-26(5-2)14-9-13-25-23(28)21-18-10-6-7-11-19(18)24(29)27(15-16-30-3)22(21)20-12-8-17-31-20/h6-8,10-12,17,21-22H,4-5,9,13-16H2,1-3H3,(H,25,28)/t21-,22-/m1/s1. The molecule has 31 heavy (non-hydrogen) atoms. The van der Waals surface area contributed by atoms with Gasteiger partial charge >= 0.3 is 0 Å². The van der Waals surface area contributed by atoms with E-state index in [1.165, 1.54) is 0 Å². The predicted octanol–water partition coefficient (Wildman–Crippen LogP) is 3.52. The Morgan fingerprint density at radius 3 is 2.65 bits per heavy atom. The molecule has 0 aliphatic carbocycles. The van der Waals surface area contributed by atoms with Crippen LogP contribution < -0.4 is 5.32 Å². The number of hydrogen-bond donors (Lipinski definition) is 1. The van der Waals surface area contributed by atoms with Gasteiger partial charge in [-0.25, -0.2) is 0 Å². The van der Waals surface area contributed by atoms with Gasteiger partial charge in [0.1, 0.15) is 0 Å². The van der Waals surface area contributed by atoms with E-state index in [9.17, 15) is 9.59 Å². The molecular formula is C24H33N3O3S. The van der Waals surface area contributed by atoms with Crippen LogP contribution in [0.25, 0.3) is 0 Å². The zero-order valence-electron chi connectivity index (χ0n) is 18.7. The molecule has 6 nitrogen and oxygen atoms in total. The van der Waals surface area contributed by atoms with Gasteiger partial charge in [-0.05, 0) is 49.1 Å². The Bertz CT molecular complexity index is 852. The van der Waals surface area contributed by atoms with Crippen molar-refractivity contribution in [1.29, 1.82) is 0 Å². The summed E-state index contributed by atoms with van der Waals surface area (Å²) in [5.74, 6) is -0.519. The fourth-order valence-corrected chi connectivity index (χ4v) is 5.12. The molecule has 0 saturated heterocycles. The van der Waals surface area contributed by atoms with Gasteiger partial charge in [-0.3, -0.25) is 9.59 Å². The lowest BCUT2D eigenvalue weighted by atomic mass is 9.81. The molecule has 1 aliphatic rings. The van der Waals surface area contributed by atoms with Crippen molar-refractivity contribution in [3.8, 4) is 0 Å². The van der Waals surface area contributed by atoms with Crippen LogP contribution >= 0.6 is 11.3 Å². The van der Waals surface area contributed by atoms with Gasteiger partial charge in [0.15, 0.2) is 0 Å².